The molecular weight excluding hydrogens is 514 g/mol. The quantitative estimate of drug-likeness (QED) is 0.388. The van der Waals surface area contributed by atoms with Gasteiger partial charge in [-0.05, 0) is 114 Å². The van der Waals surface area contributed by atoms with E-state index in [0.717, 1.165) is 19.4 Å². The second kappa shape index (κ2) is 9.43. The highest BCUT2D eigenvalue weighted by Crippen LogP contribution is 2.78. The van der Waals surface area contributed by atoms with Crippen molar-refractivity contribution in [3.05, 3.63) is 0 Å². The lowest BCUT2D eigenvalue weighted by Gasteiger charge is -2.73. The molecule has 1 heterocycles. The van der Waals surface area contributed by atoms with Crippen LogP contribution in [-0.4, -0.2) is 48.9 Å². The van der Waals surface area contributed by atoms with Crippen molar-refractivity contribution in [2.45, 2.75) is 137 Å². The number of hydrogen-bond acceptors (Lipinski definition) is 5. The Morgan fingerprint density at radius 1 is 0.878 bits per heavy atom. The smallest absolute Gasteiger partial charge is 0.306 e. The van der Waals surface area contributed by atoms with Crippen LogP contribution in [0.2, 0.25) is 0 Å². The molecule has 0 aromatic rings. The highest BCUT2D eigenvalue weighted by atomic mass is 16.5. The number of amides is 1. The first-order chi connectivity index (χ1) is 19.1. The Hall–Kier alpha value is -1.14. The molecule has 0 aromatic carbocycles. The molecule has 2 N–H and O–H groups in total. The molecule has 5 saturated carbocycles. The van der Waals surface area contributed by atoms with Crippen molar-refractivity contribution in [3.8, 4) is 0 Å². The van der Waals surface area contributed by atoms with Crippen molar-refractivity contribution in [2.75, 3.05) is 13.7 Å². The summed E-state index contributed by atoms with van der Waals surface area (Å²) in [6.07, 6.45) is 10.9. The molecule has 0 unspecified atom stereocenters. The van der Waals surface area contributed by atoms with Gasteiger partial charge < -0.3 is 19.9 Å². The molecule has 0 aromatic heterocycles. The molecule has 232 valence electrons. The molecule has 0 spiro atoms. The van der Waals surface area contributed by atoms with E-state index < -0.39 is 6.10 Å². The third-order valence-electron chi connectivity index (χ3n) is 15.2. The first kappa shape index (κ1) is 29.9. The van der Waals surface area contributed by atoms with Gasteiger partial charge in [-0.2, -0.15) is 0 Å². The van der Waals surface area contributed by atoms with E-state index in [9.17, 15) is 14.7 Å². The van der Waals surface area contributed by atoms with Crippen LogP contribution in [0.1, 0.15) is 119 Å². The fraction of sp³-hybridized carbons (Fsp3) is 0.943. The van der Waals surface area contributed by atoms with Crippen LogP contribution >= 0.6 is 0 Å². The summed E-state index contributed by atoms with van der Waals surface area (Å²) in [5, 5.41) is 14.8. The number of aliphatic hydroxyl groups is 1. The Morgan fingerprint density at radius 2 is 1.59 bits per heavy atom. The first-order valence-corrected chi connectivity index (χ1v) is 16.7. The van der Waals surface area contributed by atoms with Crippen LogP contribution in [0.5, 0.6) is 0 Å². The SMILES string of the molecule is COC(=O)CCC(=O)N[C@@H]1C[C@]2(C)[C@H]3CC[C@@H]4[C@H]5[C@H]6OC[C@@]5(CCC6(C)C)CC[C@@]4(C)[C@]3(C)CC[C@H]2C(C)(C)[C@H]1O. The van der Waals surface area contributed by atoms with Crippen LogP contribution < -0.4 is 5.32 Å². The van der Waals surface area contributed by atoms with Gasteiger partial charge in [0.25, 0.3) is 0 Å². The van der Waals surface area contributed by atoms with E-state index in [0.29, 0.717) is 35.2 Å². The van der Waals surface area contributed by atoms with E-state index in [1.807, 2.05) is 0 Å². The zero-order chi connectivity index (χ0) is 29.8. The van der Waals surface area contributed by atoms with Gasteiger partial charge >= 0.3 is 5.97 Å². The molecule has 11 atom stereocenters. The van der Waals surface area contributed by atoms with Gasteiger partial charge in [0.1, 0.15) is 0 Å². The van der Waals surface area contributed by atoms with Crippen molar-refractivity contribution < 1.29 is 24.2 Å². The fourth-order valence-electron chi connectivity index (χ4n) is 12.9. The number of rotatable bonds is 4. The van der Waals surface area contributed by atoms with Crippen molar-refractivity contribution in [3.63, 3.8) is 0 Å². The number of esters is 1. The maximum absolute atomic E-state index is 12.9. The lowest BCUT2D eigenvalue weighted by molar-refractivity contribution is -0.255. The number of ether oxygens (including phenoxy) is 2. The third-order valence-corrected chi connectivity index (χ3v) is 15.2. The second-order valence-corrected chi connectivity index (χ2v) is 17.5. The molecule has 6 aliphatic rings. The maximum Gasteiger partial charge on any atom is 0.306 e. The van der Waals surface area contributed by atoms with Crippen molar-refractivity contribution in [1.29, 1.82) is 0 Å². The normalized spacial score (nSPS) is 50.9. The second-order valence-electron chi connectivity index (χ2n) is 17.5. The predicted octanol–water partition coefficient (Wildman–Crippen LogP) is 6.29. The summed E-state index contributed by atoms with van der Waals surface area (Å²) >= 11 is 0. The van der Waals surface area contributed by atoms with Crippen LogP contribution in [0.25, 0.3) is 0 Å². The summed E-state index contributed by atoms with van der Waals surface area (Å²) in [5.74, 6) is 1.81. The molecule has 2 bridgehead atoms. The number of hydrogen-bond donors (Lipinski definition) is 2. The van der Waals surface area contributed by atoms with Crippen molar-refractivity contribution in [2.24, 2.45) is 56.2 Å². The zero-order valence-corrected chi connectivity index (χ0v) is 27.1. The molecule has 6 nitrogen and oxygen atoms in total. The minimum Gasteiger partial charge on any atom is -0.469 e. The number of fused-ring (bicyclic) bond motifs is 5. The summed E-state index contributed by atoms with van der Waals surface area (Å²) in [6.45, 7) is 18.1. The number of methoxy groups -OCH3 is 1. The van der Waals surface area contributed by atoms with Crippen LogP contribution in [0.4, 0.5) is 0 Å². The number of carbonyl (C=O) groups is 2. The summed E-state index contributed by atoms with van der Waals surface area (Å²) < 4.78 is 11.5. The van der Waals surface area contributed by atoms with Gasteiger partial charge in [0.2, 0.25) is 5.91 Å². The molecule has 6 heteroatoms. The van der Waals surface area contributed by atoms with E-state index in [-0.39, 0.29) is 57.8 Å². The molecule has 1 saturated heterocycles. The van der Waals surface area contributed by atoms with E-state index >= 15 is 0 Å². The fourth-order valence-corrected chi connectivity index (χ4v) is 12.9. The van der Waals surface area contributed by atoms with Crippen LogP contribution in [0.3, 0.4) is 0 Å². The first-order valence-electron chi connectivity index (χ1n) is 16.7. The Labute approximate surface area is 248 Å². The van der Waals surface area contributed by atoms with Gasteiger partial charge in [-0.1, -0.05) is 48.5 Å². The molecule has 5 aliphatic carbocycles. The number of nitrogens with one attached hydrogen (secondary N) is 1. The topological polar surface area (TPSA) is 84.9 Å². The molecular formula is C35H57NO5. The van der Waals surface area contributed by atoms with Gasteiger partial charge in [0, 0.05) is 6.42 Å². The molecule has 41 heavy (non-hydrogen) atoms. The molecule has 6 rings (SSSR count). The largest absolute Gasteiger partial charge is 0.469 e. The van der Waals surface area contributed by atoms with Crippen molar-refractivity contribution >= 4 is 11.9 Å². The minimum absolute atomic E-state index is 0.0282. The van der Waals surface area contributed by atoms with E-state index in [2.05, 4.69) is 53.8 Å². The van der Waals surface area contributed by atoms with Crippen LogP contribution in [-0.2, 0) is 19.1 Å². The molecule has 1 amide bonds. The monoisotopic (exact) mass is 571 g/mol. The van der Waals surface area contributed by atoms with Gasteiger partial charge in [-0.15, -0.1) is 0 Å². The highest BCUT2D eigenvalue weighted by Gasteiger charge is 2.73. The number of carbonyl (C=O) groups excluding carboxylic acids is 2. The maximum atomic E-state index is 12.9. The molecule has 0 radical (unpaired) electrons. The Morgan fingerprint density at radius 3 is 2.29 bits per heavy atom. The lowest BCUT2D eigenvalue weighted by Crippen LogP contribution is -2.70. The Bertz CT molecular complexity index is 1090. The van der Waals surface area contributed by atoms with Crippen LogP contribution in [0, 0.1) is 56.2 Å². The van der Waals surface area contributed by atoms with Gasteiger partial charge in [-0.3, -0.25) is 9.59 Å². The predicted molar refractivity (Wildman–Crippen MR) is 159 cm³/mol. The third kappa shape index (κ3) is 4.00. The van der Waals surface area contributed by atoms with E-state index in [4.69, 9.17) is 9.47 Å². The van der Waals surface area contributed by atoms with Gasteiger partial charge in [-0.25, -0.2) is 0 Å². The van der Waals surface area contributed by atoms with E-state index in [1.165, 1.54) is 52.1 Å². The van der Waals surface area contributed by atoms with Crippen molar-refractivity contribution in [1.82, 2.24) is 5.32 Å². The average molecular weight is 572 g/mol. The minimum atomic E-state index is -0.606. The van der Waals surface area contributed by atoms with Gasteiger partial charge in [0.15, 0.2) is 0 Å². The average Bonchev–Trinajstić information content (AvgIpc) is 3.24. The summed E-state index contributed by atoms with van der Waals surface area (Å²) in [7, 11) is 1.35. The van der Waals surface area contributed by atoms with Crippen LogP contribution in [0.15, 0.2) is 0 Å². The zero-order valence-electron chi connectivity index (χ0n) is 27.1. The Balaban J connectivity index is 1.30. The van der Waals surface area contributed by atoms with E-state index in [1.54, 1.807) is 0 Å². The Kier molecular flexibility index (Phi) is 6.88. The number of aliphatic hydroxyl groups excluding tert-OH is 1. The molecule has 1 aliphatic heterocycles. The molecule has 6 fully saturated rings. The van der Waals surface area contributed by atoms with Gasteiger partial charge in [0.05, 0.1) is 38.4 Å². The lowest BCUT2D eigenvalue weighted by atomic mass is 9.31. The summed E-state index contributed by atoms with van der Waals surface area (Å²) in [4.78, 5) is 24.6. The summed E-state index contributed by atoms with van der Waals surface area (Å²) in [5.41, 5.74) is 0.876. The standard InChI is InChI=1S/C35H57NO5/c1-30(2)15-17-35-18-16-33(6)21(27(35)29(30)41-20-35)9-10-24-32(5)19-22(36-25(37)11-12-26(38)40-8)28(39)31(3,4)23(32)13-14-34(24,33)7/h21-24,27-29,39H,9-20H2,1-8H3,(H,36,37)/t21-,22-,23+,24-,27+,28+,29-,32+,33-,34-,35-/m1/s1. The highest BCUT2D eigenvalue weighted by molar-refractivity contribution is 5.81. The summed E-state index contributed by atoms with van der Waals surface area (Å²) in [6, 6.07) is -0.303.